The van der Waals surface area contributed by atoms with Gasteiger partial charge in [0, 0.05) is 32.4 Å². The predicted molar refractivity (Wildman–Crippen MR) is 75.8 cm³/mol. The van der Waals surface area contributed by atoms with E-state index in [1.165, 1.54) is 5.56 Å². The Labute approximate surface area is 110 Å². The van der Waals surface area contributed by atoms with Gasteiger partial charge in [-0.2, -0.15) is 0 Å². The summed E-state index contributed by atoms with van der Waals surface area (Å²) in [5.41, 5.74) is 1.21. The molecule has 0 aromatic carbocycles. The summed E-state index contributed by atoms with van der Waals surface area (Å²) in [7, 11) is 0. The molecule has 4 heteroatoms. The minimum absolute atomic E-state index is 0.232. The second-order valence-corrected chi connectivity index (χ2v) is 4.36. The van der Waals surface area contributed by atoms with Gasteiger partial charge in [-0.05, 0) is 37.9 Å². The van der Waals surface area contributed by atoms with E-state index >= 15 is 0 Å². The zero-order valence-corrected chi connectivity index (χ0v) is 11.5. The van der Waals surface area contributed by atoms with Crippen LogP contribution in [0, 0.1) is 0 Å². The molecular formula is C14H25N3O. The first-order valence-electron chi connectivity index (χ1n) is 6.83. The molecule has 1 aromatic heterocycles. The van der Waals surface area contributed by atoms with Gasteiger partial charge in [0.15, 0.2) is 0 Å². The van der Waals surface area contributed by atoms with Crippen LogP contribution in [-0.4, -0.2) is 36.3 Å². The molecule has 1 rings (SSSR count). The monoisotopic (exact) mass is 251 g/mol. The van der Waals surface area contributed by atoms with Crippen LogP contribution in [-0.2, 0) is 6.54 Å². The molecule has 0 aliphatic rings. The molecule has 18 heavy (non-hydrogen) atoms. The van der Waals surface area contributed by atoms with Crippen molar-refractivity contribution in [3.05, 3.63) is 23.9 Å². The number of rotatable bonds is 9. The number of aliphatic hydroxyl groups is 1. The van der Waals surface area contributed by atoms with Gasteiger partial charge in [-0.3, -0.25) is 0 Å². The molecule has 0 atom stereocenters. The SMILES string of the molecule is CCCNCc1ccc(N(CC)CCCO)nc1. The highest BCUT2D eigenvalue weighted by Gasteiger charge is 2.04. The van der Waals surface area contributed by atoms with Crippen molar-refractivity contribution in [1.29, 1.82) is 0 Å². The maximum atomic E-state index is 8.87. The quantitative estimate of drug-likeness (QED) is 0.657. The largest absolute Gasteiger partial charge is 0.396 e. The lowest BCUT2D eigenvalue weighted by atomic mass is 10.2. The van der Waals surface area contributed by atoms with Crippen molar-refractivity contribution >= 4 is 5.82 Å². The van der Waals surface area contributed by atoms with E-state index in [4.69, 9.17) is 5.11 Å². The van der Waals surface area contributed by atoms with E-state index in [0.717, 1.165) is 44.8 Å². The Bertz CT molecular complexity index is 313. The van der Waals surface area contributed by atoms with Crippen molar-refractivity contribution in [2.24, 2.45) is 0 Å². The third-order valence-electron chi connectivity index (χ3n) is 2.86. The third-order valence-corrected chi connectivity index (χ3v) is 2.86. The van der Waals surface area contributed by atoms with E-state index in [2.05, 4.69) is 41.2 Å². The Kier molecular flexibility index (Phi) is 7.37. The average molecular weight is 251 g/mol. The zero-order chi connectivity index (χ0) is 13.2. The summed E-state index contributed by atoms with van der Waals surface area (Å²) in [4.78, 5) is 6.67. The number of hydrogen-bond donors (Lipinski definition) is 2. The number of aromatic nitrogens is 1. The molecule has 0 fully saturated rings. The average Bonchev–Trinajstić information content (AvgIpc) is 2.41. The van der Waals surface area contributed by atoms with Gasteiger partial charge in [-0.15, -0.1) is 0 Å². The van der Waals surface area contributed by atoms with Gasteiger partial charge in [0.25, 0.3) is 0 Å². The van der Waals surface area contributed by atoms with Crippen LogP contribution in [0.4, 0.5) is 5.82 Å². The predicted octanol–water partition coefficient (Wildman–Crippen LogP) is 1.79. The van der Waals surface area contributed by atoms with Crippen molar-refractivity contribution in [2.45, 2.75) is 33.2 Å². The molecule has 2 N–H and O–H groups in total. The van der Waals surface area contributed by atoms with Gasteiger partial charge in [0.2, 0.25) is 0 Å². The highest BCUT2D eigenvalue weighted by Crippen LogP contribution is 2.11. The molecule has 102 valence electrons. The minimum Gasteiger partial charge on any atom is -0.396 e. The van der Waals surface area contributed by atoms with Crippen LogP contribution in [0.5, 0.6) is 0 Å². The summed E-state index contributed by atoms with van der Waals surface area (Å²) in [6, 6.07) is 4.18. The molecule has 0 unspecified atom stereocenters. The Balaban J connectivity index is 2.51. The first-order valence-corrected chi connectivity index (χ1v) is 6.83. The molecule has 0 radical (unpaired) electrons. The summed E-state index contributed by atoms with van der Waals surface area (Å²) in [5, 5.41) is 12.2. The molecule has 4 nitrogen and oxygen atoms in total. The van der Waals surface area contributed by atoms with Crippen LogP contribution in [0.2, 0.25) is 0 Å². The second-order valence-electron chi connectivity index (χ2n) is 4.36. The Hall–Kier alpha value is -1.13. The van der Waals surface area contributed by atoms with E-state index in [0.29, 0.717) is 0 Å². The zero-order valence-electron chi connectivity index (χ0n) is 11.5. The topological polar surface area (TPSA) is 48.4 Å². The van der Waals surface area contributed by atoms with Crippen molar-refractivity contribution in [3.63, 3.8) is 0 Å². The van der Waals surface area contributed by atoms with Crippen molar-refractivity contribution in [2.75, 3.05) is 31.1 Å². The fourth-order valence-electron chi connectivity index (χ4n) is 1.81. The summed E-state index contributed by atoms with van der Waals surface area (Å²) in [6.45, 7) is 8.19. The summed E-state index contributed by atoms with van der Waals surface area (Å²) >= 11 is 0. The lowest BCUT2D eigenvalue weighted by Gasteiger charge is -2.21. The number of anilines is 1. The van der Waals surface area contributed by atoms with Crippen LogP contribution >= 0.6 is 0 Å². The summed E-state index contributed by atoms with van der Waals surface area (Å²) in [6.07, 6.45) is 3.87. The Morgan fingerprint density at radius 3 is 2.72 bits per heavy atom. The summed E-state index contributed by atoms with van der Waals surface area (Å²) in [5.74, 6) is 0.991. The molecule has 1 aromatic rings. The van der Waals surface area contributed by atoms with E-state index in [1.807, 2.05) is 6.20 Å². The molecule has 0 bridgehead atoms. The van der Waals surface area contributed by atoms with Gasteiger partial charge in [-0.25, -0.2) is 4.98 Å². The number of nitrogens with zero attached hydrogens (tertiary/aromatic N) is 2. The Morgan fingerprint density at radius 2 is 2.17 bits per heavy atom. The maximum Gasteiger partial charge on any atom is 0.128 e. The highest BCUT2D eigenvalue weighted by atomic mass is 16.3. The molecular weight excluding hydrogens is 226 g/mol. The number of pyridine rings is 1. The van der Waals surface area contributed by atoms with Gasteiger partial charge in [0.1, 0.15) is 5.82 Å². The van der Waals surface area contributed by atoms with Crippen molar-refractivity contribution in [1.82, 2.24) is 10.3 Å². The maximum absolute atomic E-state index is 8.87. The van der Waals surface area contributed by atoms with Crippen LogP contribution in [0.25, 0.3) is 0 Å². The standard InChI is InChI=1S/C14H25N3O/c1-3-8-15-11-13-6-7-14(16-12-13)17(4-2)9-5-10-18/h6-7,12,15,18H,3-5,8-11H2,1-2H3. The smallest absolute Gasteiger partial charge is 0.128 e. The van der Waals surface area contributed by atoms with Gasteiger partial charge >= 0.3 is 0 Å². The fraction of sp³-hybridized carbons (Fsp3) is 0.643. The first kappa shape index (κ1) is 14.9. The van der Waals surface area contributed by atoms with Crippen LogP contribution in [0.1, 0.15) is 32.3 Å². The number of nitrogens with one attached hydrogen (secondary N) is 1. The highest BCUT2D eigenvalue weighted by molar-refractivity contribution is 5.39. The molecule has 0 spiro atoms. The molecule has 0 amide bonds. The Morgan fingerprint density at radius 1 is 1.33 bits per heavy atom. The van der Waals surface area contributed by atoms with Crippen LogP contribution < -0.4 is 10.2 Å². The van der Waals surface area contributed by atoms with Crippen molar-refractivity contribution in [3.8, 4) is 0 Å². The van der Waals surface area contributed by atoms with Crippen molar-refractivity contribution < 1.29 is 5.11 Å². The van der Waals surface area contributed by atoms with E-state index in [1.54, 1.807) is 0 Å². The van der Waals surface area contributed by atoms with E-state index < -0.39 is 0 Å². The minimum atomic E-state index is 0.232. The molecule has 0 saturated heterocycles. The number of hydrogen-bond acceptors (Lipinski definition) is 4. The molecule has 0 saturated carbocycles. The second kappa shape index (κ2) is 8.89. The fourth-order valence-corrected chi connectivity index (χ4v) is 1.81. The van der Waals surface area contributed by atoms with Gasteiger partial charge in [-0.1, -0.05) is 13.0 Å². The van der Waals surface area contributed by atoms with Crippen LogP contribution in [0.3, 0.4) is 0 Å². The normalized spacial score (nSPS) is 10.6. The molecule has 1 heterocycles. The van der Waals surface area contributed by atoms with E-state index in [9.17, 15) is 0 Å². The lowest BCUT2D eigenvalue weighted by Crippen LogP contribution is -2.25. The molecule has 0 aliphatic carbocycles. The first-order chi connectivity index (χ1) is 8.81. The van der Waals surface area contributed by atoms with Crippen LogP contribution in [0.15, 0.2) is 18.3 Å². The molecule has 0 aliphatic heterocycles. The van der Waals surface area contributed by atoms with E-state index in [-0.39, 0.29) is 6.61 Å². The van der Waals surface area contributed by atoms with Gasteiger partial charge < -0.3 is 15.3 Å². The van der Waals surface area contributed by atoms with Gasteiger partial charge in [0.05, 0.1) is 0 Å². The lowest BCUT2D eigenvalue weighted by molar-refractivity contribution is 0.289. The third kappa shape index (κ3) is 5.02. The number of aliphatic hydroxyl groups excluding tert-OH is 1. The summed E-state index contributed by atoms with van der Waals surface area (Å²) < 4.78 is 0.